The third-order valence-corrected chi connectivity index (χ3v) is 6.24. The molecule has 33 heavy (non-hydrogen) atoms. The zero-order valence-corrected chi connectivity index (χ0v) is 19.2. The van der Waals surface area contributed by atoms with Crippen molar-refractivity contribution in [2.24, 2.45) is 0 Å². The van der Waals surface area contributed by atoms with Gasteiger partial charge in [0, 0.05) is 23.0 Å². The first-order valence-electron chi connectivity index (χ1n) is 14.0. The zero-order chi connectivity index (χ0) is 30.9. The predicted octanol–water partition coefficient (Wildman–Crippen LogP) is 3.64. The molecule has 0 bridgehead atoms. The molecule has 2 aromatic carbocycles. The summed E-state index contributed by atoms with van der Waals surface area (Å²) >= 11 is 5.91. The molecule has 2 aromatic rings. The van der Waals surface area contributed by atoms with Crippen LogP contribution in [-0.2, 0) is 16.4 Å². The van der Waals surface area contributed by atoms with Crippen molar-refractivity contribution in [2.45, 2.75) is 49.4 Å². The van der Waals surface area contributed by atoms with Crippen molar-refractivity contribution in [1.29, 1.82) is 0 Å². The van der Waals surface area contributed by atoms with Crippen LogP contribution in [0, 0.1) is 0 Å². The van der Waals surface area contributed by atoms with Gasteiger partial charge in [0.2, 0.25) is 0 Å². The van der Waals surface area contributed by atoms with Gasteiger partial charge in [-0.25, -0.2) is 17.9 Å². The summed E-state index contributed by atoms with van der Waals surface area (Å²) in [5.41, 5.74) is -1.40. The summed E-state index contributed by atoms with van der Waals surface area (Å²) in [5, 5.41) is 4.42. The molecule has 1 saturated carbocycles. The Morgan fingerprint density at radius 1 is 1.18 bits per heavy atom. The third-order valence-electron chi connectivity index (χ3n) is 4.81. The van der Waals surface area contributed by atoms with Crippen LogP contribution >= 0.6 is 11.6 Å². The van der Waals surface area contributed by atoms with Gasteiger partial charge >= 0.3 is 6.03 Å². The van der Waals surface area contributed by atoms with E-state index in [-0.39, 0.29) is 22.4 Å². The molecule has 10 heteroatoms. The molecule has 0 radical (unpaired) electrons. The molecule has 3 amide bonds. The van der Waals surface area contributed by atoms with Crippen LogP contribution in [0.3, 0.4) is 0 Å². The van der Waals surface area contributed by atoms with Crippen LogP contribution in [0.15, 0.2) is 47.3 Å². The van der Waals surface area contributed by atoms with Gasteiger partial charge in [-0.1, -0.05) is 42.9 Å². The Bertz CT molecular complexity index is 1440. The van der Waals surface area contributed by atoms with E-state index in [9.17, 15) is 18.0 Å². The Hall–Kier alpha value is -2.78. The minimum Gasteiger partial charge on any atom is -0.496 e. The van der Waals surface area contributed by atoms with E-state index >= 15 is 0 Å². The number of carbonyl (C=O) groups excluding carboxylic acids is 2. The molecule has 0 heterocycles. The topological polar surface area (TPSA) is 114 Å². The van der Waals surface area contributed by atoms with Gasteiger partial charge in [0.15, 0.2) is 0 Å². The number of sulfonamides is 1. The number of rotatable bonds is 8. The van der Waals surface area contributed by atoms with E-state index in [1.807, 2.05) is 5.32 Å². The van der Waals surface area contributed by atoms with Crippen LogP contribution < -0.4 is 20.1 Å². The molecule has 0 aromatic heterocycles. The van der Waals surface area contributed by atoms with E-state index < -0.39 is 69.5 Å². The van der Waals surface area contributed by atoms with Crippen molar-refractivity contribution in [3.05, 3.63) is 58.5 Å². The molecule has 8 nitrogen and oxygen atoms in total. The molecule has 3 rings (SSSR count). The van der Waals surface area contributed by atoms with E-state index in [1.165, 1.54) is 19.2 Å². The number of ether oxygens (including phenoxy) is 1. The van der Waals surface area contributed by atoms with Gasteiger partial charge in [0.1, 0.15) is 5.75 Å². The van der Waals surface area contributed by atoms with Crippen molar-refractivity contribution in [2.75, 3.05) is 13.6 Å². The summed E-state index contributed by atoms with van der Waals surface area (Å²) in [7, 11) is -3.73. The van der Waals surface area contributed by atoms with Crippen LogP contribution in [0.5, 0.6) is 5.75 Å². The van der Waals surface area contributed by atoms with Gasteiger partial charge in [-0.2, -0.15) is 0 Å². The molecule has 1 fully saturated rings. The Morgan fingerprint density at radius 3 is 2.55 bits per heavy atom. The average Bonchev–Trinajstić information content (AvgIpc) is 2.87. The third kappa shape index (κ3) is 7.10. The standard InChI is InChI=1S/C23H28ClN3O5S/c1-32-21-12-9-17(24)15-20(21)22(28)25-14-13-16-7-10-19(11-8-16)33(30,31)27-23(29)26-18-5-3-2-4-6-18/h7-12,15,18H,2-6,13-14H2,1H3,(H,25,28)(H2,26,27,29)/i7D,8D,10D,11D,13D2,14D2. The molecule has 3 N–H and O–H groups in total. The number of carbonyl (C=O) groups is 2. The highest BCUT2D eigenvalue weighted by molar-refractivity contribution is 7.90. The smallest absolute Gasteiger partial charge is 0.328 e. The number of hydrogen-bond donors (Lipinski definition) is 3. The van der Waals surface area contributed by atoms with Crippen molar-refractivity contribution >= 4 is 33.6 Å². The van der Waals surface area contributed by atoms with Crippen LogP contribution in [0.2, 0.25) is 5.02 Å². The van der Waals surface area contributed by atoms with E-state index in [4.69, 9.17) is 27.3 Å². The molecular formula is C23H28ClN3O5S. The van der Waals surface area contributed by atoms with Crippen LogP contribution in [0.1, 0.15) is 59.0 Å². The van der Waals surface area contributed by atoms with Crippen molar-refractivity contribution < 1.29 is 33.7 Å². The minimum atomic E-state index is -4.97. The fourth-order valence-corrected chi connectivity index (χ4v) is 4.16. The predicted molar refractivity (Wildman–Crippen MR) is 126 cm³/mol. The van der Waals surface area contributed by atoms with Gasteiger partial charge in [0.25, 0.3) is 15.9 Å². The quantitative estimate of drug-likeness (QED) is 0.511. The summed E-state index contributed by atoms with van der Waals surface area (Å²) in [6.07, 6.45) is 0.529. The second-order valence-corrected chi connectivity index (χ2v) is 9.22. The van der Waals surface area contributed by atoms with E-state index in [2.05, 4.69) is 5.32 Å². The highest BCUT2D eigenvalue weighted by atomic mass is 35.5. The van der Waals surface area contributed by atoms with Gasteiger partial charge in [0.05, 0.1) is 23.1 Å². The average molecular weight is 502 g/mol. The van der Waals surface area contributed by atoms with Gasteiger partial charge < -0.3 is 15.4 Å². The Balaban J connectivity index is 1.97. The number of amides is 3. The maximum absolute atomic E-state index is 13.0. The lowest BCUT2D eigenvalue weighted by Crippen LogP contribution is -2.45. The van der Waals surface area contributed by atoms with Crippen molar-refractivity contribution in [3.63, 3.8) is 0 Å². The van der Waals surface area contributed by atoms with E-state index in [1.54, 1.807) is 4.72 Å². The highest BCUT2D eigenvalue weighted by Gasteiger charge is 2.21. The normalized spacial score (nSPS) is 18.7. The van der Waals surface area contributed by atoms with Crippen LogP contribution in [-0.4, -0.2) is 40.0 Å². The molecule has 1 aliphatic carbocycles. The van der Waals surface area contributed by atoms with E-state index in [0.29, 0.717) is 12.8 Å². The first-order valence-corrected chi connectivity index (χ1v) is 11.9. The zero-order valence-electron chi connectivity index (χ0n) is 25.7. The lowest BCUT2D eigenvalue weighted by molar-refractivity contribution is 0.0951. The second kappa shape index (κ2) is 11.4. The lowest BCUT2D eigenvalue weighted by atomic mass is 9.96. The maximum Gasteiger partial charge on any atom is 0.328 e. The molecular weight excluding hydrogens is 466 g/mol. The Kier molecular flexibility index (Phi) is 5.50. The van der Waals surface area contributed by atoms with Crippen LogP contribution in [0.4, 0.5) is 4.79 Å². The van der Waals surface area contributed by atoms with Crippen molar-refractivity contribution in [1.82, 2.24) is 15.4 Å². The van der Waals surface area contributed by atoms with Gasteiger partial charge in [-0.05, 0) is 55.1 Å². The van der Waals surface area contributed by atoms with Gasteiger partial charge in [-0.15, -0.1) is 0 Å². The highest BCUT2D eigenvalue weighted by Crippen LogP contribution is 2.22. The lowest BCUT2D eigenvalue weighted by Gasteiger charge is -2.22. The number of nitrogens with one attached hydrogen (secondary N) is 3. The molecule has 0 atom stereocenters. The second-order valence-electron chi connectivity index (χ2n) is 7.17. The minimum absolute atomic E-state index is 0.0119. The molecule has 0 aliphatic heterocycles. The number of hydrogen-bond acceptors (Lipinski definition) is 5. The molecule has 1 aliphatic rings. The fraction of sp³-hybridized carbons (Fsp3) is 0.391. The SMILES string of the molecule is [2H]c1c([2H])c(S(=O)(=O)NC(=O)NC2CCCCC2)c([2H])c([2H])c1C([2H])([2H])C([2H])([2H])NC(=O)c1cc(Cl)ccc1OC. The number of urea groups is 1. The monoisotopic (exact) mass is 501 g/mol. The summed E-state index contributed by atoms with van der Waals surface area (Å²) < 4.78 is 99.0. The van der Waals surface area contributed by atoms with E-state index in [0.717, 1.165) is 25.3 Å². The van der Waals surface area contributed by atoms with Crippen LogP contribution in [0.25, 0.3) is 0 Å². The Morgan fingerprint density at radius 2 is 1.88 bits per heavy atom. The van der Waals surface area contributed by atoms with Gasteiger partial charge in [-0.3, -0.25) is 4.79 Å². The molecule has 178 valence electrons. The van der Waals surface area contributed by atoms with Crippen molar-refractivity contribution in [3.8, 4) is 5.75 Å². The molecule has 0 spiro atoms. The summed E-state index contributed by atoms with van der Waals surface area (Å²) in [5.74, 6) is -1.18. The first-order chi connectivity index (χ1) is 18.9. The summed E-state index contributed by atoms with van der Waals surface area (Å²) in [6, 6.07) is -2.43. The Labute approximate surface area is 210 Å². The summed E-state index contributed by atoms with van der Waals surface area (Å²) in [4.78, 5) is 24.0. The first kappa shape index (κ1) is 16.0. The largest absolute Gasteiger partial charge is 0.496 e. The number of methoxy groups -OCH3 is 1. The maximum atomic E-state index is 13.0. The fourth-order valence-electron chi connectivity index (χ4n) is 3.21. The number of benzene rings is 2. The number of halogens is 1. The molecule has 0 unspecified atom stereocenters. The summed E-state index contributed by atoms with van der Waals surface area (Å²) in [6.45, 7) is -3.36. The molecule has 0 saturated heterocycles.